The summed E-state index contributed by atoms with van der Waals surface area (Å²) >= 11 is 0. The molecule has 1 aromatic carbocycles. The summed E-state index contributed by atoms with van der Waals surface area (Å²) in [5, 5.41) is 0. The van der Waals surface area contributed by atoms with Gasteiger partial charge in [-0.2, -0.15) is 0 Å². The number of carbonyl (C=O) groups excluding carboxylic acids is 1. The van der Waals surface area contributed by atoms with Crippen LogP contribution in [0.3, 0.4) is 0 Å². The number of nitrogens with zero attached hydrogens (tertiary/aromatic N) is 1. The molecule has 2 rings (SSSR count). The number of hydrogen-bond donors (Lipinski definition) is 1. The molecule has 0 aliphatic carbocycles. The van der Waals surface area contributed by atoms with E-state index in [2.05, 4.69) is 4.98 Å². The lowest BCUT2D eigenvalue weighted by atomic mass is 9.93. The van der Waals surface area contributed by atoms with Gasteiger partial charge in [0.1, 0.15) is 0 Å². The number of esters is 1. The molecule has 1 aromatic heterocycles. The van der Waals surface area contributed by atoms with Crippen LogP contribution in [0.15, 0.2) is 29.1 Å². The molecule has 0 aliphatic heterocycles. The summed E-state index contributed by atoms with van der Waals surface area (Å²) in [6, 6.07) is 7.39. The van der Waals surface area contributed by atoms with Gasteiger partial charge in [-0.25, -0.2) is 4.79 Å². The van der Waals surface area contributed by atoms with Gasteiger partial charge < -0.3 is 9.72 Å². The van der Waals surface area contributed by atoms with Crippen LogP contribution in [0.4, 0.5) is 0 Å². The van der Waals surface area contributed by atoms with Gasteiger partial charge in [0, 0.05) is 6.54 Å². The first-order valence-electron chi connectivity index (χ1n) is 5.71. The third kappa shape index (κ3) is 2.03. The number of aromatic nitrogens is 2. The maximum atomic E-state index is 11.9. The van der Waals surface area contributed by atoms with E-state index in [-0.39, 0.29) is 18.2 Å². The number of ether oxygens (including phenoxy) is 1. The van der Waals surface area contributed by atoms with Gasteiger partial charge in [0.2, 0.25) is 0 Å². The zero-order valence-corrected chi connectivity index (χ0v) is 10.7. The first-order chi connectivity index (χ1) is 8.45. The average molecular weight is 248 g/mol. The van der Waals surface area contributed by atoms with Gasteiger partial charge in [-0.05, 0) is 26.0 Å². The van der Waals surface area contributed by atoms with Crippen molar-refractivity contribution < 1.29 is 9.53 Å². The minimum Gasteiger partial charge on any atom is -0.469 e. The van der Waals surface area contributed by atoms with Crippen LogP contribution in [-0.2, 0) is 16.1 Å². The van der Waals surface area contributed by atoms with E-state index in [1.807, 2.05) is 24.3 Å². The molecule has 5 nitrogen and oxygen atoms in total. The number of nitrogens with one attached hydrogen (secondary N) is 1. The van der Waals surface area contributed by atoms with Crippen molar-refractivity contribution in [1.29, 1.82) is 0 Å². The lowest BCUT2D eigenvalue weighted by molar-refractivity contribution is -0.151. The second kappa shape index (κ2) is 4.33. The Morgan fingerprint density at radius 1 is 1.39 bits per heavy atom. The summed E-state index contributed by atoms with van der Waals surface area (Å²) < 4.78 is 6.31. The number of fused-ring (bicyclic) bond motifs is 1. The van der Waals surface area contributed by atoms with Crippen molar-refractivity contribution in [2.75, 3.05) is 7.11 Å². The lowest BCUT2D eigenvalue weighted by Crippen LogP contribution is -2.34. The highest BCUT2D eigenvalue weighted by Crippen LogP contribution is 2.21. The molecule has 0 unspecified atom stereocenters. The number of carbonyl (C=O) groups is 1. The van der Waals surface area contributed by atoms with Gasteiger partial charge in [0.15, 0.2) is 0 Å². The second-order valence-electron chi connectivity index (χ2n) is 4.91. The maximum absolute atomic E-state index is 11.9. The van der Waals surface area contributed by atoms with Crippen LogP contribution in [0, 0.1) is 5.41 Å². The Morgan fingerprint density at radius 2 is 2.06 bits per heavy atom. The third-order valence-electron chi connectivity index (χ3n) is 2.97. The van der Waals surface area contributed by atoms with Crippen LogP contribution in [0.1, 0.15) is 13.8 Å². The number of imidazole rings is 1. The second-order valence-corrected chi connectivity index (χ2v) is 4.91. The molecule has 0 bridgehead atoms. The smallest absolute Gasteiger partial charge is 0.326 e. The molecule has 1 heterocycles. The summed E-state index contributed by atoms with van der Waals surface area (Å²) in [6.07, 6.45) is 0. The molecule has 0 fully saturated rings. The molecule has 96 valence electrons. The SMILES string of the molecule is COC(=O)C(C)(C)Cn1c(=O)[nH]c2ccccc21. The first kappa shape index (κ1) is 12.4. The zero-order chi connectivity index (χ0) is 13.3. The maximum Gasteiger partial charge on any atom is 0.326 e. The van der Waals surface area contributed by atoms with Gasteiger partial charge >= 0.3 is 11.7 Å². The minimum atomic E-state index is -0.746. The average Bonchev–Trinajstić information content (AvgIpc) is 2.65. The summed E-state index contributed by atoms with van der Waals surface area (Å²) in [7, 11) is 1.35. The monoisotopic (exact) mass is 248 g/mol. The molecule has 0 aliphatic rings. The highest BCUT2D eigenvalue weighted by atomic mass is 16.5. The molecule has 0 radical (unpaired) electrons. The Bertz CT molecular complexity index is 637. The van der Waals surface area contributed by atoms with Crippen molar-refractivity contribution in [3.8, 4) is 0 Å². The molecule has 0 saturated heterocycles. The van der Waals surface area contributed by atoms with Crippen LogP contribution < -0.4 is 5.69 Å². The Morgan fingerprint density at radius 3 is 2.72 bits per heavy atom. The van der Waals surface area contributed by atoms with Crippen LogP contribution in [-0.4, -0.2) is 22.6 Å². The fourth-order valence-electron chi connectivity index (χ4n) is 2.00. The van der Waals surface area contributed by atoms with E-state index in [0.717, 1.165) is 11.0 Å². The number of H-pyrrole nitrogens is 1. The van der Waals surface area contributed by atoms with Gasteiger partial charge in [-0.15, -0.1) is 0 Å². The minimum absolute atomic E-state index is 0.215. The molecule has 18 heavy (non-hydrogen) atoms. The number of benzene rings is 1. The molecule has 2 aromatic rings. The van der Waals surface area contributed by atoms with Crippen LogP contribution in [0.5, 0.6) is 0 Å². The number of para-hydroxylation sites is 2. The quantitative estimate of drug-likeness (QED) is 0.838. The van der Waals surface area contributed by atoms with Crippen molar-refractivity contribution in [3.63, 3.8) is 0 Å². The van der Waals surface area contributed by atoms with Gasteiger partial charge in [-0.1, -0.05) is 12.1 Å². The van der Waals surface area contributed by atoms with Crippen LogP contribution in [0.2, 0.25) is 0 Å². The van der Waals surface area contributed by atoms with E-state index in [1.165, 1.54) is 7.11 Å². The molecule has 0 atom stereocenters. The highest BCUT2D eigenvalue weighted by molar-refractivity contribution is 5.77. The summed E-state index contributed by atoms with van der Waals surface area (Å²) in [5.74, 6) is -0.334. The molecule has 5 heteroatoms. The van der Waals surface area contributed by atoms with Crippen LogP contribution >= 0.6 is 0 Å². The largest absolute Gasteiger partial charge is 0.469 e. The fourth-order valence-corrected chi connectivity index (χ4v) is 2.00. The van der Waals surface area contributed by atoms with E-state index in [9.17, 15) is 9.59 Å². The number of rotatable bonds is 3. The van der Waals surface area contributed by atoms with Crippen molar-refractivity contribution in [2.24, 2.45) is 5.41 Å². The summed E-state index contributed by atoms with van der Waals surface area (Å²) in [4.78, 5) is 26.3. The fraction of sp³-hybridized carbons (Fsp3) is 0.385. The van der Waals surface area contributed by atoms with Gasteiger partial charge in [-0.3, -0.25) is 9.36 Å². The Balaban J connectivity index is 2.46. The van der Waals surface area contributed by atoms with Crippen molar-refractivity contribution in [2.45, 2.75) is 20.4 Å². The Labute approximate surface area is 104 Å². The number of aromatic amines is 1. The zero-order valence-electron chi connectivity index (χ0n) is 10.7. The molecule has 0 amide bonds. The molecular formula is C13H16N2O3. The van der Waals surface area contributed by atoms with E-state index in [1.54, 1.807) is 18.4 Å². The Hall–Kier alpha value is -2.04. The third-order valence-corrected chi connectivity index (χ3v) is 2.97. The van der Waals surface area contributed by atoms with E-state index in [4.69, 9.17) is 4.74 Å². The summed E-state index contributed by atoms with van der Waals surface area (Å²) in [6.45, 7) is 3.79. The molecule has 1 N–H and O–H groups in total. The van der Waals surface area contributed by atoms with Crippen LogP contribution in [0.25, 0.3) is 11.0 Å². The normalized spacial score (nSPS) is 11.7. The molecule has 0 saturated carbocycles. The number of methoxy groups -OCH3 is 1. The standard InChI is InChI=1S/C13H16N2O3/c1-13(2,11(16)18-3)8-15-10-7-5-4-6-9(10)14-12(15)17/h4-7H,8H2,1-3H3,(H,14,17). The van der Waals surface area contributed by atoms with Crippen molar-refractivity contribution in [3.05, 3.63) is 34.7 Å². The molecule has 0 spiro atoms. The van der Waals surface area contributed by atoms with Crippen molar-refractivity contribution >= 4 is 17.0 Å². The van der Waals surface area contributed by atoms with E-state index in [0.29, 0.717) is 0 Å². The first-order valence-corrected chi connectivity index (χ1v) is 5.71. The van der Waals surface area contributed by atoms with E-state index < -0.39 is 5.41 Å². The lowest BCUT2D eigenvalue weighted by Gasteiger charge is -2.21. The highest BCUT2D eigenvalue weighted by Gasteiger charge is 2.30. The van der Waals surface area contributed by atoms with E-state index >= 15 is 0 Å². The number of hydrogen-bond acceptors (Lipinski definition) is 3. The summed E-state index contributed by atoms with van der Waals surface area (Å²) in [5.41, 5.74) is 0.597. The topological polar surface area (TPSA) is 64.1 Å². The Kier molecular flexibility index (Phi) is 2.98. The van der Waals surface area contributed by atoms with Gasteiger partial charge in [0.25, 0.3) is 0 Å². The van der Waals surface area contributed by atoms with Crippen molar-refractivity contribution in [1.82, 2.24) is 9.55 Å². The van der Waals surface area contributed by atoms with Gasteiger partial charge in [0.05, 0.1) is 23.6 Å². The predicted octanol–water partition coefficient (Wildman–Crippen LogP) is 1.53. The predicted molar refractivity (Wildman–Crippen MR) is 68.4 cm³/mol. The molecular weight excluding hydrogens is 232 g/mol.